The molecule has 1 aromatic carbocycles. The molecule has 0 bridgehead atoms. The Bertz CT molecular complexity index is 393. The van der Waals surface area contributed by atoms with Gasteiger partial charge < -0.3 is 10.6 Å². The lowest BCUT2D eigenvalue weighted by Crippen LogP contribution is -2.33. The number of rotatable bonds is 2. The second-order valence-electron chi connectivity index (χ2n) is 5.58. The zero-order valence-corrected chi connectivity index (χ0v) is 12.5. The summed E-state index contributed by atoms with van der Waals surface area (Å²) >= 11 is 0. The number of benzene rings is 1. The van der Waals surface area contributed by atoms with E-state index in [1.54, 1.807) is 14.1 Å². The maximum Gasteiger partial charge on any atom is 0.243 e. The van der Waals surface area contributed by atoms with Crippen LogP contribution in [0.5, 0.6) is 0 Å². The Balaban J connectivity index is 0.00000289. The average Bonchev–Trinajstić information content (AvgIpc) is 2.26. The number of hydrogen-bond acceptors (Lipinski definition) is 2. The van der Waals surface area contributed by atoms with Gasteiger partial charge in [0.15, 0.2) is 0 Å². The number of halogens is 1. The van der Waals surface area contributed by atoms with E-state index < -0.39 is 6.04 Å². The lowest BCUT2D eigenvalue weighted by atomic mass is 9.86. The van der Waals surface area contributed by atoms with Gasteiger partial charge in [0, 0.05) is 14.1 Å². The van der Waals surface area contributed by atoms with Crippen LogP contribution in [-0.2, 0) is 10.2 Å². The second kappa shape index (κ2) is 6.21. The number of nitrogens with two attached hydrogens (primary N) is 1. The smallest absolute Gasteiger partial charge is 0.243 e. The molecule has 1 atom stereocenters. The van der Waals surface area contributed by atoms with E-state index in [1.165, 1.54) is 10.5 Å². The Kier molecular flexibility index (Phi) is 5.84. The highest BCUT2D eigenvalue weighted by Gasteiger charge is 2.19. The van der Waals surface area contributed by atoms with E-state index in [4.69, 9.17) is 5.73 Å². The monoisotopic (exact) mass is 270 g/mol. The SMILES string of the molecule is CN(C)C(=O)C(N)c1ccc(C(C)(C)C)cc1.Cl. The first-order chi connectivity index (χ1) is 7.73. The van der Waals surface area contributed by atoms with Gasteiger partial charge >= 0.3 is 0 Å². The standard InChI is InChI=1S/C14H22N2O.ClH/c1-14(2,3)11-8-6-10(7-9-11)12(15)13(17)16(4)5;/h6-9,12H,15H2,1-5H3;1H. The lowest BCUT2D eigenvalue weighted by Gasteiger charge is -2.21. The fraction of sp³-hybridized carbons (Fsp3) is 0.500. The van der Waals surface area contributed by atoms with Gasteiger partial charge in [-0.05, 0) is 16.5 Å². The Morgan fingerprint density at radius 3 is 1.94 bits per heavy atom. The summed E-state index contributed by atoms with van der Waals surface area (Å²) in [6.45, 7) is 6.48. The molecular weight excluding hydrogens is 248 g/mol. The van der Waals surface area contributed by atoms with Crippen LogP contribution in [0.25, 0.3) is 0 Å². The van der Waals surface area contributed by atoms with Crippen LogP contribution in [0.1, 0.15) is 37.9 Å². The molecule has 1 unspecified atom stereocenters. The van der Waals surface area contributed by atoms with Crippen LogP contribution in [0, 0.1) is 0 Å². The molecule has 1 aromatic rings. The Morgan fingerprint density at radius 1 is 1.17 bits per heavy atom. The van der Waals surface area contributed by atoms with Gasteiger partial charge in [0.05, 0.1) is 0 Å². The summed E-state index contributed by atoms with van der Waals surface area (Å²) in [5.41, 5.74) is 8.13. The number of likely N-dealkylation sites (N-methyl/N-ethyl adjacent to an activating group) is 1. The van der Waals surface area contributed by atoms with E-state index in [1.807, 2.05) is 24.3 Å². The summed E-state index contributed by atoms with van der Waals surface area (Å²) in [6.07, 6.45) is 0. The predicted octanol–water partition coefficient (Wildman–Crippen LogP) is 2.49. The molecular formula is C14H23ClN2O. The maximum atomic E-state index is 11.7. The molecule has 0 aliphatic rings. The van der Waals surface area contributed by atoms with Crippen LogP contribution in [0.2, 0.25) is 0 Å². The van der Waals surface area contributed by atoms with Crippen LogP contribution in [0.3, 0.4) is 0 Å². The molecule has 0 aliphatic carbocycles. The molecule has 0 aromatic heterocycles. The van der Waals surface area contributed by atoms with Crippen LogP contribution in [0.15, 0.2) is 24.3 Å². The highest BCUT2D eigenvalue weighted by molar-refractivity contribution is 5.85. The number of nitrogens with zero attached hydrogens (tertiary/aromatic N) is 1. The molecule has 0 radical (unpaired) electrons. The molecule has 4 heteroatoms. The third kappa shape index (κ3) is 4.00. The summed E-state index contributed by atoms with van der Waals surface area (Å²) in [5, 5.41) is 0. The van der Waals surface area contributed by atoms with Crippen molar-refractivity contribution < 1.29 is 4.79 Å². The number of amides is 1. The number of hydrogen-bond donors (Lipinski definition) is 1. The van der Waals surface area contributed by atoms with Gasteiger partial charge in [0.25, 0.3) is 0 Å². The highest BCUT2D eigenvalue weighted by atomic mass is 35.5. The zero-order chi connectivity index (χ0) is 13.2. The van der Waals surface area contributed by atoms with Crippen LogP contribution in [0.4, 0.5) is 0 Å². The molecule has 2 N–H and O–H groups in total. The van der Waals surface area contributed by atoms with Crippen molar-refractivity contribution in [2.45, 2.75) is 32.2 Å². The molecule has 0 saturated heterocycles. The van der Waals surface area contributed by atoms with E-state index in [9.17, 15) is 4.79 Å². The summed E-state index contributed by atoms with van der Waals surface area (Å²) in [5.74, 6) is -0.0755. The van der Waals surface area contributed by atoms with Gasteiger partial charge in [-0.2, -0.15) is 0 Å². The van der Waals surface area contributed by atoms with E-state index in [2.05, 4.69) is 20.8 Å². The first-order valence-electron chi connectivity index (χ1n) is 5.80. The molecule has 1 amide bonds. The fourth-order valence-corrected chi connectivity index (χ4v) is 1.61. The first kappa shape index (κ1) is 16.9. The fourth-order valence-electron chi connectivity index (χ4n) is 1.61. The molecule has 3 nitrogen and oxygen atoms in total. The molecule has 0 spiro atoms. The van der Waals surface area contributed by atoms with Crippen molar-refractivity contribution in [3.63, 3.8) is 0 Å². The van der Waals surface area contributed by atoms with Gasteiger partial charge in [0.2, 0.25) is 5.91 Å². The minimum atomic E-state index is -0.570. The second-order valence-corrected chi connectivity index (χ2v) is 5.58. The molecule has 0 heterocycles. The van der Waals surface area contributed by atoms with Crippen LogP contribution < -0.4 is 5.73 Å². The molecule has 1 rings (SSSR count). The number of carbonyl (C=O) groups is 1. The molecule has 18 heavy (non-hydrogen) atoms. The Labute approximate surface area is 116 Å². The molecule has 0 fully saturated rings. The van der Waals surface area contributed by atoms with E-state index in [-0.39, 0.29) is 23.7 Å². The third-order valence-electron chi connectivity index (χ3n) is 2.84. The Hall–Kier alpha value is -1.06. The van der Waals surface area contributed by atoms with Crippen molar-refractivity contribution in [1.29, 1.82) is 0 Å². The summed E-state index contributed by atoms with van der Waals surface area (Å²) in [7, 11) is 3.43. The highest BCUT2D eigenvalue weighted by Crippen LogP contribution is 2.23. The molecule has 0 aliphatic heterocycles. The van der Waals surface area contributed by atoms with Gasteiger partial charge in [-0.1, -0.05) is 45.0 Å². The molecule has 102 valence electrons. The van der Waals surface area contributed by atoms with Crippen LogP contribution in [-0.4, -0.2) is 24.9 Å². The van der Waals surface area contributed by atoms with Crippen molar-refractivity contribution in [2.24, 2.45) is 5.73 Å². The van der Waals surface area contributed by atoms with E-state index in [0.29, 0.717) is 0 Å². The largest absolute Gasteiger partial charge is 0.347 e. The van der Waals surface area contributed by atoms with Crippen molar-refractivity contribution in [3.8, 4) is 0 Å². The zero-order valence-electron chi connectivity index (χ0n) is 11.7. The van der Waals surface area contributed by atoms with Crippen molar-refractivity contribution >= 4 is 18.3 Å². The summed E-state index contributed by atoms with van der Waals surface area (Å²) in [6, 6.07) is 7.38. The minimum absolute atomic E-state index is 0. The van der Waals surface area contributed by atoms with Gasteiger partial charge in [-0.15, -0.1) is 12.4 Å². The topological polar surface area (TPSA) is 46.3 Å². The third-order valence-corrected chi connectivity index (χ3v) is 2.84. The van der Waals surface area contributed by atoms with Gasteiger partial charge in [-0.25, -0.2) is 0 Å². The molecule has 0 saturated carbocycles. The van der Waals surface area contributed by atoms with Crippen molar-refractivity contribution in [3.05, 3.63) is 35.4 Å². The quantitative estimate of drug-likeness (QED) is 0.898. The van der Waals surface area contributed by atoms with Crippen molar-refractivity contribution in [2.75, 3.05) is 14.1 Å². The van der Waals surface area contributed by atoms with E-state index in [0.717, 1.165) is 5.56 Å². The lowest BCUT2D eigenvalue weighted by molar-refractivity contribution is -0.130. The number of carbonyl (C=O) groups excluding carboxylic acids is 1. The van der Waals surface area contributed by atoms with Gasteiger partial charge in [0.1, 0.15) is 6.04 Å². The minimum Gasteiger partial charge on any atom is -0.347 e. The van der Waals surface area contributed by atoms with E-state index >= 15 is 0 Å². The summed E-state index contributed by atoms with van der Waals surface area (Å²) in [4.78, 5) is 13.2. The summed E-state index contributed by atoms with van der Waals surface area (Å²) < 4.78 is 0. The predicted molar refractivity (Wildman–Crippen MR) is 78.0 cm³/mol. The average molecular weight is 271 g/mol. The maximum absolute atomic E-state index is 11.7. The Morgan fingerprint density at radius 2 is 1.61 bits per heavy atom. The van der Waals surface area contributed by atoms with Crippen LogP contribution >= 0.6 is 12.4 Å². The first-order valence-corrected chi connectivity index (χ1v) is 5.80. The normalized spacial score (nSPS) is 12.6. The van der Waals surface area contributed by atoms with Crippen molar-refractivity contribution in [1.82, 2.24) is 4.90 Å². The van der Waals surface area contributed by atoms with Gasteiger partial charge in [-0.3, -0.25) is 4.79 Å².